The van der Waals surface area contributed by atoms with E-state index in [0.29, 0.717) is 34.0 Å². The molecule has 1 aliphatic rings. The third-order valence-electron chi connectivity index (χ3n) is 5.58. The first-order valence-electron chi connectivity index (χ1n) is 11.7. The number of carbonyl (C=O) groups excluding carboxylic acids is 3. The average Bonchev–Trinajstić information content (AvgIpc) is 3.27. The monoisotopic (exact) mass is 516 g/mol. The summed E-state index contributed by atoms with van der Waals surface area (Å²) < 4.78 is 11.1. The molecule has 1 aromatic heterocycles. The van der Waals surface area contributed by atoms with Gasteiger partial charge in [0.15, 0.2) is 11.5 Å². The van der Waals surface area contributed by atoms with E-state index < -0.39 is 17.8 Å². The molecule has 0 radical (unpaired) electrons. The topological polar surface area (TPSA) is 130 Å². The molecule has 0 fully saturated rings. The highest BCUT2D eigenvalue weighted by Gasteiger charge is 2.23. The first kappa shape index (κ1) is 25.6. The highest BCUT2D eigenvalue weighted by Crippen LogP contribution is 2.37. The predicted octanol–water partition coefficient (Wildman–Crippen LogP) is 4.21. The van der Waals surface area contributed by atoms with Crippen LogP contribution in [0.15, 0.2) is 53.6 Å². The van der Waals surface area contributed by atoms with Gasteiger partial charge >= 0.3 is 17.8 Å². The minimum absolute atomic E-state index is 0.239. The molecule has 0 aliphatic heterocycles. The first-order valence-corrected chi connectivity index (χ1v) is 12.5. The summed E-state index contributed by atoms with van der Waals surface area (Å²) in [6.45, 7) is 2.13. The van der Waals surface area contributed by atoms with E-state index in [4.69, 9.17) is 9.47 Å². The number of amides is 2. The Bertz CT molecular complexity index is 1390. The smallest absolute Gasteiger partial charge is 0.343 e. The van der Waals surface area contributed by atoms with Crippen LogP contribution in [0.1, 0.15) is 51.7 Å². The lowest BCUT2D eigenvalue weighted by atomic mass is 9.96. The SMILES string of the molecule is CCOc1cc(C=NNC(=O)C(=O)Nc2sc3c(c2C#N)CCCC3)ccc1OC(=O)c1ccccc1. The number of hydrogen-bond acceptors (Lipinski definition) is 8. The molecule has 0 bridgehead atoms. The lowest BCUT2D eigenvalue weighted by molar-refractivity contribution is -0.136. The third-order valence-corrected chi connectivity index (χ3v) is 6.78. The fourth-order valence-corrected chi connectivity index (χ4v) is 5.07. The van der Waals surface area contributed by atoms with E-state index in [9.17, 15) is 19.6 Å². The third kappa shape index (κ3) is 6.20. The van der Waals surface area contributed by atoms with Crippen molar-refractivity contribution in [1.29, 1.82) is 5.26 Å². The molecule has 4 rings (SSSR count). The van der Waals surface area contributed by atoms with E-state index >= 15 is 0 Å². The van der Waals surface area contributed by atoms with Gasteiger partial charge in [-0.05, 0) is 74.1 Å². The molecule has 9 nitrogen and oxygen atoms in total. The second-order valence-electron chi connectivity index (χ2n) is 8.07. The Kier molecular flexibility index (Phi) is 8.28. The van der Waals surface area contributed by atoms with E-state index in [1.807, 2.05) is 0 Å². The molecule has 0 saturated heterocycles. The maximum Gasteiger partial charge on any atom is 0.343 e. The van der Waals surface area contributed by atoms with Gasteiger partial charge in [0.05, 0.1) is 23.9 Å². The number of ether oxygens (including phenoxy) is 2. The van der Waals surface area contributed by atoms with Crippen molar-refractivity contribution in [2.24, 2.45) is 5.10 Å². The number of nitrogens with zero attached hydrogens (tertiary/aromatic N) is 2. The second kappa shape index (κ2) is 12.0. The Morgan fingerprint density at radius 1 is 1.08 bits per heavy atom. The molecule has 2 N–H and O–H groups in total. The van der Waals surface area contributed by atoms with Gasteiger partial charge in [-0.25, -0.2) is 10.2 Å². The van der Waals surface area contributed by atoms with Gasteiger partial charge in [0.25, 0.3) is 0 Å². The fraction of sp³-hybridized carbons (Fsp3) is 0.222. The summed E-state index contributed by atoms with van der Waals surface area (Å²) in [5, 5.41) is 16.3. The molecule has 1 heterocycles. The number of nitriles is 1. The quantitative estimate of drug-likeness (QED) is 0.159. The largest absolute Gasteiger partial charge is 0.490 e. The zero-order valence-electron chi connectivity index (χ0n) is 20.1. The first-order chi connectivity index (χ1) is 18.0. The van der Waals surface area contributed by atoms with E-state index in [1.165, 1.54) is 17.6 Å². The van der Waals surface area contributed by atoms with Crippen LogP contribution in [0.4, 0.5) is 5.00 Å². The van der Waals surface area contributed by atoms with Crippen LogP contribution < -0.4 is 20.2 Å². The van der Waals surface area contributed by atoms with Gasteiger partial charge in [-0.3, -0.25) is 9.59 Å². The molecule has 3 aromatic rings. The minimum Gasteiger partial charge on any atom is -0.490 e. The molecule has 0 saturated carbocycles. The summed E-state index contributed by atoms with van der Waals surface area (Å²) in [5.41, 5.74) is 4.53. The van der Waals surface area contributed by atoms with Crippen molar-refractivity contribution in [3.63, 3.8) is 0 Å². The van der Waals surface area contributed by atoms with Crippen LogP contribution in [0.5, 0.6) is 11.5 Å². The predicted molar refractivity (Wildman–Crippen MR) is 139 cm³/mol. The molecule has 1 aliphatic carbocycles. The highest BCUT2D eigenvalue weighted by atomic mass is 32.1. The number of carbonyl (C=O) groups is 3. The molecule has 0 atom stereocenters. The van der Waals surface area contributed by atoms with Gasteiger partial charge < -0.3 is 14.8 Å². The Labute approximate surface area is 217 Å². The van der Waals surface area contributed by atoms with Crippen LogP contribution in [0.2, 0.25) is 0 Å². The molecule has 37 heavy (non-hydrogen) atoms. The van der Waals surface area contributed by atoms with Crippen LogP contribution in [0.25, 0.3) is 0 Å². The normalized spacial score (nSPS) is 12.3. The molecule has 188 valence electrons. The molecule has 0 unspecified atom stereocenters. The van der Waals surface area contributed by atoms with Gasteiger partial charge in [0.2, 0.25) is 0 Å². The number of benzene rings is 2. The molecule has 2 aromatic carbocycles. The summed E-state index contributed by atoms with van der Waals surface area (Å²) in [6, 6.07) is 15.5. The standard InChI is InChI=1S/C27H24N4O5S/c1-2-35-22-14-17(12-13-21(22)36-27(34)18-8-4-3-5-9-18)16-29-31-25(33)24(32)30-26-20(15-28)19-10-6-7-11-23(19)37-26/h3-5,8-9,12-14,16H,2,6-7,10-11H2,1H3,(H,30,32)(H,31,33). The maximum atomic E-state index is 12.4. The second-order valence-corrected chi connectivity index (χ2v) is 9.18. The minimum atomic E-state index is -0.968. The van der Waals surface area contributed by atoms with Gasteiger partial charge in [0, 0.05) is 4.88 Å². The number of esters is 1. The molecule has 2 amide bonds. The number of hydrazone groups is 1. The maximum absolute atomic E-state index is 12.4. The van der Waals surface area contributed by atoms with Crippen molar-refractivity contribution in [2.45, 2.75) is 32.6 Å². The van der Waals surface area contributed by atoms with Gasteiger partial charge in [-0.2, -0.15) is 10.4 Å². The van der Waals surface area contributed by atoms with E-state index in [-0.39, 0.29) is 5.75 Å². The van der Waals surface area contributed by atoms with Crippen LogP contribution in [-0.2, 0) is 22.4 Å². The Balaban J connectivity index is 1.39. The lowest BCUT2D eigenvalue weighted by Gasteiger charge is -2.11. The van der Waals surface area contributed by atoms with Gasteiger partial charge in [-0.1, -0.05) is 18.2 Å². The number of thiophene rings is 1. The van der Waals surface area contributed by atoms with Crippen molar-refractivity contribution in [3.05, 3.63) is 75.7 Å². The van der Waals surface area contributed by atoms with Gasteiger partial charge in [-0.15, -0.1) is 11.3 Å². The van der Waals surface area contributed by atoms with Crippen molar-refractivity contribution in [1.82, 2.24) is 5.43 Å². The zero-order chi connectivity index (χ0) is 26.2. The number of fused-ring (bicyclic) bond motifs is 1. The van der Waals surface area contributed by atoms with Crippen molar-refractivity contribution < 1.29 is 23.9 Å². The molecule has 10 heteroatoms. The Morgan fingerprint density at radius 2 is 1.86 bits per heavy atom. The van der Waals surface area contributed by atoms with Crippen LogP contribution in [0, 0.1) is 11.3 Å². The average molecular weight is 517 g/mol. The van der Waals surface area contributed by atoms with E-state index in [1.54, 1.807) is 55.5 Å². The van der Waals surface area contributed by atoms with Gasteiger partial charge in [0.1, 0.15) is 11.1 Å². The number of anilines is 1. The van der Waals surface area contributed by atoms with Crippen molar-refractivity contribution in [2.75, 3.05) is 11.9 Å². The van der Waals surface area contributed by atoms with Crippen molar-refractivity contribution >= 4 is 40.3 Å². The van der Waals surface area contributed by atoms with Crippen LogP contribution in [-0.4, -0.2) is 30.6 Å². The number of nitrogens with one attached hydrogen (secondary N) is 2. The fourth-order valence-electron chi connectivity index (χ4n) is 3.84. The molecular weight excluding hydrogens is 492 g/mol. The zero-order valence-corrected chi connectivity index (χ0v) is 20.9. The number of rotatable bonds is 7. The molecular formula is C27H24N4O5S. The number of aryl methyl sites for hydroxylation is 1. The summed E-state index contributed by atoms with van der Waals surface area (Å²) in [4.78, 5) is 38.1. The van der Waals surface area contributed by atoms with Crippen LogP contribution >= 0.6 is 11.3 Å². The Morgan fingerprint density at radius 3 is 2.62 bits per heavy atom. The van der Waals surface area contributed by atoms with Crippen LogP contribution in [0.3, 0.4) is 0 Å². The number of hydrogen-bond donors (Lipinski definition) is 2. The summed E-state index contributed by atoms with van der Waals surface area (Å²) in [7, 11) is 0. The van der Waals surface area contributed by atoms with Crippen molar-refractivity contribution in [3.8, 4) is 17.6 Å². The summed E-state index contributed by atoms with van der Waals surface area (Å²) >= 11 is 1.34. The van der Waals surface area contributed by atoms with E-state index in [0.717, 1.165) is 36.1 Å². The highest BCUT2D eigenvalue weighted by molar-refractivity contribution is 7.16. The molecule has 0 spiro atoms. The summed E-state index contributed by atoms with van der Waals surface area (Å²) in [6.07, 6.45) is 5.05. The summed E-state index contributed by atoms with van der Waals surface area (Å²) in [5.74, 6) is -1.84. The lowest BCUT2D eigenvalue weighted by Crippen LogP contribution is -2.32. The van der Waals surface area contributed by atoms with E-state index in [2.05, 4.69) is 21.9 Å². The Hall–Kier alpha value is -4.49.